The first kappa shape index (κ1) is 19.6. The Hall–Kier alpha value is -3.69. The molecule has 1 heterocycles. The van der Waals surface area contributed by atoms with Gasteiger partial charge in [-0.3, -0.25) is 9.59 Å². The number of H-pyrrole nitrogens is 1. The van der Waals surface area contributed by atoms with Crippen LogP contribution >= 0.6 is 11.6 Å². The van der Waals surface area contributed by atoms with Gasteiger partial charge in [0, 0.05) is 21.5 Å². The monoisotopic (exact) mass is 411 g/mol. The van der Waals surface area contributed by atoms with Crippen LogP contribution in [0.15, 0.2) is 102 Å². The summed E-state index contributed by atoms with van der Waals surface area (Å²) in [6.07, 6.45) is 6.73. The van der Waals surface area contributed by atoms with Gasteiger partial charge in [-0.05, 0) is 35.4 Å². The molecular formula is C26H18ClNO2. The van der Waals surface area contributed by atoms with E-state index in [9.17, 15) is 9.59 Å². The fourth-order valence-electron chi connectivity index (χ4n) is 3.36. The zero-order valence-corrected chi connectivity index (χ0v) is 16.8. The lowest BCUT2D eigenvalue weighted by atomic mass is 9.94. The quantitative estimate of drug-likeness (QED) is 0.238. The number of pyridine rings is 1. The second kappa shape index (κ2) is 8.76. The van der Waals surface area contributed by atoms with Crippen molar-refractivity contribution in [3.63, 3.8) is 0 Å². The van der Waals surface area contributed by atoms with Crippen LogP contribution in [0.5, 0.6) is 0 Å². The zero-order valence-electron chi connectivity index (χ0n) is 16.0. The smallest absolute Gasteiger partial charge is 0.260 e. The van der Waals surface area contributed by atoms with Crippen LogP contribution in [0.25, 0.3) is 28.1 Å². The van der Waals surface area contributed by atoms with Crippen molar-refractivity contribution in [3.05, 3.63) is 124 Å². The fraction of sp³-hybridized carbons (Fsp3) is 0. The Balaban J connectivity index is 1.81. The molecule has 0 spiro atoms. The molecule has 0 amide bonds. The molecule has 1 N–H and O–H groups in total. The second-order valence-electron chi connectivity index (χ2n) is 6.75. The normalized spacial score (nSPS) is 11.5. The molecule has 30 heavy (non-hydrogen) atoms. The van der Waals surface area contributed by atoms with Crippen LogP contribution in [0, 0.1) is 0 Å². The number of allylic oxidation sites excluding steroid dienone is 3. The van der Waals surface area contributed by atoms with Gasteiger partial charge in [0.25, 0.3) is 5.56 Å². The maximum Gasteiger partial charge on any atom is 0.260 e. The van der Waals surface area contributed by atoms with Gasteiger partial charge < -0.3 is 4.98 Å². The number of benzene rings is 3. The first-order valence-electron chi connectivity index (χ1n) is 9.48. The molecule has 0 saturated heterocycles. The molecule has 4 heteroatoms. The SMILES string of the molecule is O=C(/C=C/C=C/c1ccccc1)c1c(-c2ccccc2)c2cc(Cl)ccc2[nH]c1=O. The van der Waals surface area contributed by atoms with Crippen molar-refractivity contribution in [3.8, 4) is 11.1 Å². The lowest BCUT2D eigenvalue weighted by Gasteiger charge is -2.11. The molecule has 0 unspecified atom stereocenters. The standard InChI is InChI=1S/C26H18ClNO2/c27-20-15-16-22-21(17-20)24(19-12-5-2-6-13-19)25(26(30)28-22)23(29)14-8-7-11-18-9-3-1-4-10-18/h1-17H,(H,28,30)/b11-7+,14-8+. The second-order valence-corrected chi connectivity index (χ2v) is 7.19. The van der Waals surface area contributed by atoms with E-state index in [1.807, 2.05) is 66.7 Å². The van der Waals surface area contributed by atoms with E-state index in [2.05, 4.69) is 4.98 Å². The number of halogens is 1. The molecule has 0 saturated carbocycles. The maximum absolute atomic E-state index is 13.0. The number of carbonyl (C=O) groups is 1. The molecule has 0 atom stereocenters. The first-order valence-corrected chi connectivity index (χ1v) is 9.86. The van der Waals surface area contributed by atoms with E-state index in [-0.39, 0.29) is 11.3 Å². The maximum atomic E-state index is 13.0. The Labute approximate surface area is 179 Å². The van der Waals surface area contributed by atoms with E-state index in [1.54, 1.807) is 30.4 Å². The van der Waals surface area contributed by atoms with E-state index in [0.717, 1.165) is 16.5 Å². The summed E-state index contributed by atoms with van der Waals surface area (Å²) in [5.41, 5.74) is 2.70. The predicted octanol–water partition coefficient (Wildman–Crippen LogP) is 6.30. The van der Waals surface area contributed by atoms with Crippen molar-refractivity contribution >= 4 is 34.4 Å². The van der Waals surface area contributed by atoms with E-state index >= 15 is 0 Å². The van der Waals surface area contributed by atoms with Crippen LogP contribution in [0.2, 0.25) is 5.02 Å². The number of nitrogens with one attached hydrogen (secondary N) is 1. The number of rotatable bonds is 5. The highest BCUT2D eigenvalue weighted by atomic mass is 35.5. The fourth-order valence-corrected chi connectivity index (χ4v) is 3.53. The molecular weight excluding hydrogens is 394 g/mol. The summed E-state index contributed by atoms with van der Waals surface area (Å²) in [7, 11) is 0. The average Bonchev–Trinajstić information content (AvgIpc) is 2.77. The van der Waals surface area contributed by atoms with Crippen molar-refractivity contribution in [1.29, 1.82) is 0 Å². The van der Waals surface area contributed by atoms with Gasteiger partial charge in [-0.1, -0.05) is 90.5 Å². The van der Waals surface area contributed by atoms with Gasteiger partial charge in [-0.15, -0.1) is 0 Å². The Morgan fingerprint density at radius 2 is 1.57 bits per heavy atom. The van der Waals surface area contributed by atoms with E-state index < -0.39 is 5.56 Å². The molecule has 4 aromatic rings. The predicted molar refractivity (Wildman–Crippen MR) is 124 cm³/mol. The van der Waals surface area contributed by atoms with Gasteiger partial charge in [-0.25, -0.2) is 0 Å². The van der Waals surface area contributed by atoms with Gasteiger partial charge in [0.2, 0.25) is 0 Å². The van der Waals surface area contributed by atoms with Crippen LogP contribution in [-0.2, 0) is 0 Å². The lowest BCUT2D eigenvalue weighted by Crippen LogP contribution is -2.18. The zero-order chi connectivity index (χ0) is 20.9. The number of hydrogen-bond acceptors (Lipinski definition) is 2. The van der Waals surface area contributed by atoms with E-state index in [0.29, 0.717) is 16.1 Å². The average molecular weight is 412 g/mol. The van der Waals surface area contributed by atoms with E-state index in [1.165, 1.54) is 6.08 Å². The van der Waals surface area contributed by atoms with Gasteiger partial charge in [0.05, 0.1) is 5.56 Å². The van der Waals surface area contributed by atoms with Crippen molar-refractivity contribution in [1.82, 2.24) is 4.98 Å². The molecule has 4 rings (SSSR count). The van der Waals surface area contributed by atoms with Crippen LogP contribution in [0.1, 0.15) is 15.9 Å². The summed E-state index contributed by atoms with van der Waals surface area (Å²) in [4.78, 5) is 28.7. The van der Waals surface area contributed by atoms with Crippen LogP contribution < -0.4 is 5.56 Å². The molecule has 146 valence electrons. The molecule has 0 aliphatic rings. The molecule has 0 radical (unpaired) electrons. The number of carbonyl (C=O) groups excluding carboxylic acids is 1. The third kappa shape index (κ3) is 4.17. The van der Waals surface area contributed by atoms with Gasteiger partial charge in [0.1, 0.15) is 0 Å². The number of fused-ring (bicyclic) bond motifs is 1. The highest BCUT2D eigenvalue weighted by Gasteiger charge is 2.19. The molecule has 0 bridgehead atoms. The summed E-state index contributed by atoms with van der Waals surface area (Å²) in [6, 6.07) is 24.4. The number of aromatic amines is 1. The molecule has 0 aliphatic carbocycles. The topological polar surface area (TPSA) is 49.9 Å². The minimum absolute atomic E-state index is 0.0975. The Morgan fingerprint density at radius 3 is 2.30 bits per heavy atom. The largest absolute Gasteiger partial charge is 0.321 e. The Kier molecular flexibility index (Phi) is 5.73. The molecule has 0 fully saturated rings. The number of hydrogen-bond donors (Lipinski definition) is 1. The highest BCUT2D eigenvalue weighted by Crippen LogP contribution is 2.31. The minimum atomic E-state index is -0.426. The summed E-state index contributed by atoms with van der Waals surface area (Å²) in [6.45, 7) is 0. The number of aromatic nitrogens is 1. The first-order chi connectivity index (χ1) is 14.6. The van der Waals surface area contributed by atoms with Crippen LogP contribution in [0.4, 0.5) is 0 Å². The van der Waals surface area contributed by atoms with Gasteiger partial charge in [-0.2, -0.15) is 0 Å². The molecule has 3 nitrogen and oxygen atoms in total. The molecule has 0 aliphatic heterocycles. The Morgan fingerprint density at radius 1 is 0.867 bits per heavy atom. The highest BCUT2D eigenvalue weighted by molar-refractivity contribution is 6.31. The van der Waals surface area contributed by atoms with E-state index in [4.69, 9.17) is 11.6 Å². The van der Waals surface area contributed by atoms with Crippen LogP contribution in [0.3, 0.4) is 0 Å². The van der Waals surface area contributed by atoms with Crippen molar-refractivity contribution < 1.29 is 4.79 Å². The molecule has 3 aromatic carbocycles. The van der Waals surface area contributed by atoms with Crippen molar-refractivity contribution in [2.75, 3.05) is 0 Å². The number of ketones is 1. The summed E-state index contributed by atoms with van der Waals surface area (Å²) < 4.78 is 0. The van der Waals surface area contributed by atoms with Crippen molar-refractivity contribution in [2.24, 2.45) is 0 Å². The third-order valence-corrected chi connectivity index (χ3v) is 4.97. The summed E-state index contributed by atoms with van der Waals surface area (Å²) in [5.74, 6) is -0.366. The minimum Gasteiger partial charge on any atom is -0.321 e. The molecule has 1 aromatic heterocycles. The Bertz CT molecular complexity index is 1320. The van der Waals surface area contributed by atoms with Gasteiger partial charge in [0.15, 0.2) is 5.78 Å². The van der Waals surface area contributed by atoms with Crippen molar-refractivity contribution in [2.45, 2.75) is 0 Å². The van der Waals surface area contributed by atoms with Gasteiger partial charge >= 0.3 is 0 Å². The summed E-state index contributed by atoms with van der Waals surface area (Å²) in [5, 5.41) is 1.26. The third-order valence-electron chi connectivity index (χ3n) is 4.73. The van der Waals surface area contributed by atoms with Crippen LogP contribution in [-0.4, -0.2) is 10.8 Å². The summed E-state index contributed by atoms with van der Waals surface area (Å²) >= 11 is 6.21. The lowest BCUT2D eigenvalue weighted by molar-refractivity contribution is 0.104.